The van der Waals surface area contributed by atoms with Gasteiger partial charge in [0.15, 0.2) is 0 Å². The van der Waals surface area contributed by atoms with Crippen molar-refractivity contribution in [3.8, 4) is 0 Å². The Hall–Kier alpha value is -0.790. The molecule has 0 heterocycles. The van der Waals surface area contributed by atoms with Crippen LogP contribution in [0.4, 0.5) is 0 Å². The molecule has 0 N–H and O–H groups in total. The third-order valence-corrected chi connectivity index (χ3v) is 3.17. The first-order chi connectivity index (χ1) is 7.13. The number of ether oxygens (including phenoxy) is 1. The lowest BCUT2D eigenvalue weighted by Gasteiger charge is -2.24. The van der Waals surface area contributed by atoms with Crippen LogP contribution in [0.2, 0.25) is 0 Å². The lowest BCUT2D eigenvalue weighted by molar-refractivity contribution is -0.142. The molecule has 1 atom stereocenters. The van der Waals surface area contributed by atoms with E-state index in [-0.39, 0.29) is 5.97 Å². The lowest BCUT2D eigenvalue weighted by atomic mass is 9.82. The van der Waals surface area contributed by atoms with Crippen LogP contribution in [0.25, 0.3) is 0 Å². The summed E-state index contributed by atoms with van der Waals surface area (Å²) in [6.45, 7) is 6.88. The normalized spacial score (nSPS) is 21.3. The zero-order valence-electron chi connectivity index (χ0n) is 10.1. The fourth-order valence-corrected chi connectivity index (χ4v) is 2.07. The Kier molecular flexibility index (Phi) is 4.86. The maximum atomic E-state index is 11.3. The first-order valence-corrected chi connectivity index (χ1v) is 5.97. The molecule has 0 aromatic carbocycles. The van der Waals surface area contributed by atoms with Crippen molar-refractivity contribution >= 4 is 5.97 Å². The maximum Gasteiger partial charge on any atom is 0.309 e. The Morgan fingerprint density at radius 3 is 2.80 bits per heavy atom. The number of rotatable bonds is 4. The molecule has 0 aromatic heterocycles. The maximum absolute atomic E-state index is 11.3. The van der Waals surface area contributed by atoms with Crippen LogP contribution in [0.5, 0.6) is 0 Å². The predicted molar refractivity (Wildman–Crippen MR) is 61.5 cm³/mol. The molecule has 0 spiro atoms. The Morgan fingerprint density at radius 1 is 1.60 bits per heavy atom. The summed E-state index contributed by atoms with van der Waals surface area (Å²) in [5, 5.41) is 0. The van der Waals surface area contributed by atoms with E-state index in [2.05, 4.69) is 19.9 Å². The molecule has 2 nitrogen and oxygen atoms in total. The van der Waals surface area contributed by atoms with Gasteiger partial charge in [-0.05, 0) is 38.0 Å². The van der Waals surface area contributed by atoms with Crippen molar-refractivity contribution < 1.29 is 9.53 Å². The summed E-state index contributed by atoms with van der Waals surface area (Å²) in [6.07, 6.45) is 6.17. The Labute approximate surface area is 92.7 Å². The summed E-state index contributed by atoms with van der Waals surface area (Å²) in [6, 6.07) is 0. The molecular weight excluding hydrogens is 188 g/mol. The van der Waals surface area contributed by atoms with Crippen LogP contribution in [-0.2, 0) is 9.53 Å². The fourth-order valence-electron chi connectivity index (χ4n) is 2.07. The van der Waals surface area contributed by atoms with Crippen LogP contribution < -0.4 is 0 Å². The summed E-state index contributed by atoms with van der Waals surface area (Å²) < 4.78 is 4.94. The van der Waals surface area contributed by atoms with Gasteiger partial charge in [-0.15, -0.1) is 0 Å². The molecule has 0 aromatic rings. The van der Waals surface area contributed by atoms with Crippen LogP contribution >= 0.6 is 0 Å². The molecule has 0 saturated carbocycles. The van der Waals surface area contributed by atoms with Gasteiger partial charge in [-0.3, -0.25) is 4.79 Å². The molecule has 15 heavy (non-hydrogen) atoms. The largest absolute Gasteiger partial charge is 0.466 e. The average molecular weight is 210 g/mol. The van der Waals surface area contributed by atoms with Gasteiger partial charge < -0.3 is 4.74 Å². The average Bonchev–Trinajstić information content (AvgIpc) is 2.18. The highest BCUT2D eigenvalue weighted by Crippen LogP contribution is 2.30. The second kappa shape index (κ2) is 5.94. The Bertz CT molecular complexity index is 241. The Balaban J connectivity index is 2.37. The quantitative estimate of drug-likeness (QED) is 0.525. The highest BCUT2D eigenvalue weighted by molar-refractivity contribution is 5.72. The van der Waals surface area contributed by atoms with Crippen LogP contribution in [0.15, 0.2) is 11.6 Å². The number of esters is 1. The summed E-state index contributed by atoms with van der Waals surface area (Å²) in [5.74, 6) is 1.48. The minimum atomic E-state index is -0.0771. The summed E-state index contributed by atoms with van der Waals surface area (Å²) >= 11 is 0. The molecule has 0 radical (unpaired) electrons. The summed E-state index contributed by atoms with van der Waals surface area (Å²) in [5.41, 5.74) is 1.27. The second-order valence-electron chi connectivity index (χ2n) is 4.62. The van der Waals surface area contributed by atoms with E-state index in [4.69, 9.17) is 4.74 Å². The monoisotopic (exact) mass is 210 g/mol. The lowest BCUT2D eigenvalue weighted by Crippen LogP contribution is -2.14. The van der Waals surface area contributed by atoms with Crippen LogP contribution in [0.1, 0.15) is 46.5 Å². The summed E-state index contributed by atoms with van der Waals surface area (Å²) in [7, 11) is 0. The zero-order chi connectivity index (χ0) is 11.3. The van der Waals surface area contributed by atoms with Gasteiger partial charge in [-0.2, -0.15) is 0 Å². The van der Waals surface area contributed by atoms with Crippen molar-refractivity contribution in [1.29, 1.82) is 0 Å². The number of allylic oxidation sites excluding steroid dienone is 1. The number of hydrogen-bond acceptors (Lipinski definition) is 2. The van der Waals surface area contributed by atoms with E-state index in [1.807, 2.05) is 6.92 Å². The molecule has 0 amide bonds. The van der Waals surface area contributed by atoms with Crippen LogP contribution in [-0.4, -0.2) is 12.6 Å². The van der Waals surface area contributed by atoms with Crippen LogP contribution in [0, 0.1) is 11.8 Å². The highest BCUT2D eigenvalue weighted by Gasteiger charge is 2.18. The highest BCUT2D eigenvalue weighted by atomic mass is 16.5. The van der Waals surface area contributed by atoms with Gasteiger partial charge in [0.05, 0.1) is 13.0 Å². The Morgan fingerprint density at radius 2 is 2.33 bits per heavy atom. The van der Waals surface area contributed by atoms with E-state index >= 15 is 0 Å². The van der Waals surface area contributed by atoms with Crippen molar-refractivity contribution in [3.05, 3.63) is 11.6 Å². The summed E-state index contributed by atoms with van der Waals surface area (Å²) in [4.78, 5) is 11.3. The molecule has 0 aliphatic heterocycles. The predicted octanol–water partition coefficient (Wildman–Crippen LogP) is 3.32. The molecule has 1 rings (SSSR count). The van der Waals surface area contributed by atoms with Gasteiger partial charge in [0.25, 0.3) is 0 Å². The topological polar surface area (TPSA) is 26.3 Å². The van der Waals surface area contributed by atoms with E-state index < -0.39 is 0 Å². The second-order valence-corrected chi connectivity index (χ2v) is 4.62. The van der Waals surface area contributed by atoms with Crippen LogP contribution in [0.3, 0.4) is 0 Å². The van der Waals surface area contributed by atoms with Gasteiger partial charge in [0.2, 0.25) is 0 Å². The minimum Gasteiger partial charge on any atom is -0.466 e. The first-order valence-electron chi connectivity index (χ1n) is 5.97. The van der Waals surface area contributed by atoms with Crippen molar-refractivity contribution in [2.75, 3.05) is 6.61 Å². The van der Waals surface area contributed by atoms with Crippen molar-refractivity contribution in [2.45, 2.75) is 46.5 Å². The van der Waals surface area contributed by atoms with Gasteiger partial charge in [-0.25, -0.2) is 0 Å². The third-order valence-electron chi connectivity index (χ3n) is 3.17. The van der Waals surface area contributed by atoms with Gasteiger partial charge in [0, 0.05) is 0 Å². The third kappa shape index (κ3) is 4.06. The van der Waals surface area contributed by atoms with E-state index in [1.165, 1.54) is 12.0 Å². The number of carbonyl (C=O) groups is 1. The molecule has 0 fully saturated rings. The van der Waals surface area contributed by atoms with E-state index in [0.29, 0.717) is 13.0 Å². The number of hydrogen-bond donors (Lipinski definition) is 0. The molecule has 1 aliphatic rings. The van der Waals surface area contributed by atoms with E-state index in [9.17, 15) is 4.79 Å². The molecular formula is C13H22O2. The smallest absolute Gasteiger partial charge is 0.309 e. The fraction of sp³-hybridized carbons (Fsp3) is 0.769. The SMILES string of the molecule is CCOC(=O)CC1=CCC(C(C)C)CC1. The van der Waals surface area contributed by atoms with Gasteiger partial charge >= 0.3 is 5.97 Å². The molecule has 0 bridgehead atoms. The molecule has 2 heteroatoms. The molecule has 1 aliphatic carbocycles. The van der Waals surface area contributed by atoms with Crippen molar-refractivity contribution in [3.63, 3.8) is 0 Å². The van der Waals surface area contributed by atoms with Gasteiger partial charge in [0.1, 0.15) is 0 Å². The molecule has 86 valence electrons. The van der Waals surface area contributed by atoms with E-state index in [1.54, 1.807) is 0 Å². The molecule has 0 saturated heterocycles. The standard InChI is InChI=1S/C13H22O2/c1-4-15-13(14)9-11-5-7-12(8-6-11)10(2)3/h5,10,12H,4,6-9H2,1-3H3. The minimum absolute atomic E-state index is 0.0771. The first kappa shape index (κ1) is 12.3. The van der Waals surface area contributed by atoms with Gasteiger partial charge in [-0.1, -0.05) is 25.5 Å². The van der Waals surface area contributed by atoms with E-state index in [0.717, 1.165) is 24.7 Å². The van der Waals surface area contributed by atoms with Crippen molar-refractivity contribution in [2.24, 2.45) is 11.8 Å². The zero-order valence-corrected chi connectivity index (χ0v) is 10.1. The molecule has 1 unspecified atom stereocenters. The van der Waals surface area contributed by atoms with Crippen molar-refractivity contribution in [1.82, 2.24) is 0 Å². The number of carbonyl (C=O) groups excluding carboxylic acids is 1.